The average Bonchev–Trinajstić information content (AvgIpc) is 3.32. The molecular weight excluding hydrogens is 402 g/mol. The van der Waals surface area contributed by atoms with Crippen molar-refractivity contribution in [2.24, 2.45) is 0 Å². The third-order valence-corrected chi connectivity index (χ3v) is 5.15. The fourth-order valence-corrected chi connectivity index (χ4v) is 3.62. The maximum absolute atomic E-state index is 12.2. The molecule has 0 saturated carbocycles. The van der Waals surface area contributed by atoms with Crippen LogP contribution in [0.15, 0.2) is 54.6 Å². The topological polar surface area (TPSA) is 115 Å². The van der Waals surface area contributed by atoms with Gasteiger partial charge in [0.2, 0.25) is 0 Å². The van der Waals surface area contributed by atoms with Crippen molar-refractivity contribution >= 4 is 29.3 Å². The van der Waals surface area contributed by atoms with E-state index in [1.54, 1.807) is 36.4 Å². The van der Waals surface area contributed by atoms with Crippen molar-refractivity contribution < 1.29 is 28.6 Å². The molecule has 2 heterocycles. The maximum Gasteiger partial charge on any atom is 0.412 e. The third-order valence-electron chi connectivity index (χ3n) is 5.15. The fourth-order valence-electron chi connectivity index (χ4n) is 3.62. The number of benzene rings is 2. The van der Waals surface area contributed by atoms with E-state index in [1.165, 1.54) is 6.92 Å². The van der Waals surface area contributed by atoms with Crippen LogP contribution < -0.4 is 16.0 Å². The van der Waals surface area contributed by atoms with E-state index < -0.39 is 24.4 Å². The number of ketones is 1. The normalized spacial score (nSPS) is 24.2. The van der Waals surface area contributed by atoms with E-state index in [9.17, 15) is 14.4 Å². The van der Waals surface area contributed by atoms with Crippen LogP contribution in [0.1, 0.15) is 17.3 Å². The number of anilines is 2. The zero-order chi connectivity index (χ0) is 21.8. The number of Topliss-reactive ketones (excluding diaryl/α,β-unsaturated/α-hetero) is 1. The van der Waals surface area contributed by atoms with Crippen molar-refractivity contribution in [3.05, 3.63) is 60.2 Å². The molecule has 3 amide bonds. The average molecular weight is 425 g/mol. The van der Waals surface area contributed by atoms with E-state index in [2.05, 4.69) is 16.0 Å². The molecule has 4 atom stereocenters. The summed E-state index contributed by atoms with van der Waals surface area (Å²) in [4.78, 5) is 35.8. The quantitative estimate of drug-likeness (QED) is 0.635. The van der Waals surface area contributed by atoms with Gasteiger partial charge in [-0.15, -0.1) is 0 Å². The van der Waals surface area contributed by atoms with E-state index in [1.807, 2.05) is 18.2 Å². The molecule has 2 saturated heterocycles. The Morgan fingerprint density at radius 2 is 1.55 bits per heavy atom. The molecule has 0 aromatic heterocycles. The lowest BCUT2D eigenvalue weighted by Gasteiger charge is -2.18. The third kappa shape index (κ3) is 5.01. The second-order valence-electron chi connectivity index (χ2n) is 7.37. The molecule has 4 rings (SSSR count). The molecule has 2 aliphatic heterocycles. The van der Waals surface area contributed by atoms with E-state index >= 15 is 0 Å². The molecule has 2 aliphatic rings. The first-order valence-electron chi connectivity index (χ1n) is 9.94. The summed E-state index contributed by atoms with van der Waals surface area (Å²) >= 11 is 0. The molecule has 0 spiro atoms. The van der Waals surface area contributed by atoms with Crippen LogP contribution in [0.2, 0.25) is 0 Å². The van der Waals surface area contributed by atoms with Crippen LogP contribution in [0.5, 0.6) is 0 Å². The lowest BCUT2D eigenvalue weighted by Crippen LogP contribution is -2.46. The molecule has 162 valence electrons. The predicted molar refractivity (Wildman–Crippen MR) is 112 cm³/mol. The Kier molecular flexibility index (Phi) is 6.15. The number of nitrogens with one attached hydrogen (secondary N) is 3. The highest BCUT2D eigenvalue weighted by molar-refractivity contribution is 5.95. The van der Waals surface area contributed by atoms with Gasteiger partial charge in [-0.3, -0.25) is 10.1 Å². The molecule has 9 heteroatoms. The van der Waals surface area contributed by atoms with Crippen molar-refractivity contribution in [1.29, 1.82) is 0 Å². The Hall–Kier alpha value is -3.43. The minimum atomic E-state index is -0.647. The fraction of sp³-hybridized carbons (Fsp3) is 0.318. The number of hydrogen-bond acceptors (Lipinski definition) is 6. The number of hydrogen-bond donors (Lipinski definition) is 3. The van der Waals surface area contributed by atoms with Gasteiger partial charge in [-0.05, 0) is 43.3 Å². The van der Waals surface area contributed by atoms with E-state index in [0.717, 1.165) is 0 Å². The summed E-state index contributed by atoms with van der Waals surface area (Å²) in [6, 6.07) is 14.9. The number of para-hydroxylation sites is 1. The van der Waals surface area contributed by atoms with Gasteiger partial charge >= 0.3 is 12.1 Å². The van der Waals surface area contributed by atoms with E-state index in [4.69, 9.17) is 14.2 Å². The molecule has 9 nitrogen and oxygen atoms in total. The monoisotopic (exact) mass is 425 g/mol. The first-order valence-corrected chi connectivity index (χ1v) is 9.94. The second-order valence-corrected chi connectivity index (χ2v) is 7.37. The van der Waals surface area contributed by atoms with Gasteiger partial charge < -0.3 is 24.8 Å². The first kappa shape index (κ1) is 20.8. The summed E-state index contributed by atoms with van der Waals surface area (Å²) in [6.45, 7) is 1.90. The number of ether oxygens (including phenoxy) is 3. The smallest absolute Gasteiger partial charge is 0.412 e. The van der Waals surface area contributed by atoms with Crippen LogP contribution in [0.3, 0.4) is 0 Å². The highest BCUT2D eigenvalue weighted by Crippen LogP contribution is 2.29. The van der Waals surface area contributed by atoms with Crippen molar-refractivity contribution in [3.8, 4) is 0 Å². The Morgan fingerprint density at radius 3 is 2.26 bits per heavy atom. The second kappa shape index (κ2) is 9.15. The number of amides is 3. The molecule has 2 fully saturated rings. The van der Waals surface area contributed by atoms with Gasteiger partial charge in [-0.1, -0.05) is 18.2 Å². The Balaban J connectivity index is 1.27. The Labute approximate surface area is 179 Å². The van der Waals surface area contributed by atoms with Gasteiger partial charge in [0, 0.05) is 16.9 Å². The summed E-state index contributed by atoms with van der Waals surface area (Å²) in [5.41, 5.74) is 1.74. The lowest BCUT2D eigenvalue weighted by atomic mass is 10.1. The molecule has 2 aromatic carbocycles. The summed E-state index contributed by atoms with van der Waals surface area (Å²) in [6.07, 6.45) is -2.11. The number of carbonyl (C=O) groups is 3. The van der Waals surface area contributed by atoms with Crippen LogP contribution in [-0.4, -0.2) is 55.5 Å². The molecule has 31 heavy (non-hydrogen) atoms. The van der Waals surface area contributed by atoms with Crippen molar-refractivity contribution in [2.75, 3.05) is 23.8 Å². The number of rotatable bonds is 5. The summed E-state index contributed by atoms with van der Waals surface area (Å²) < 4.78 is 16.9. The van der Waals surface area contributed by atoms with Crippen LogP contribution in [0.25, 0.3) is 0 Å². The molecule has 2 aromatic rings. The predicted octanol–water partition coefficient (Wildman–Crippen LogP) is 2.79. The number of fused-ring (bicyclic) bond motifs is 1. The Morgan fingerprint density at radius 1 is 0.871 bits per heavy atom. The number of carbonyl (C=O) groups excluding carboxylic acids is 3. The van der Waals surface area contributed by atoms with E-state index in [-0.39, 0.29) is 31.1 Å². The molecule has 0 unspecified atom stereocenters. The van der Waals surface area contributed by atoms with Crippen LogP contribution in [0.4, 0.5) is 21.0 Å². The molecule has 0 bridgehead atoms. The Bertz CT molecular complexity index is 949. The lowest BCUT2D eigenvalue weighted by molar-refractivity contribution is 0.00873. The van der Waals surface area contributed by atoms with Crippen molar-refractivity contribution in [3.63, 3.8) is 0 Å². The molecule has 3 N–H and O–H groups in total. The minimum absolute atomic E-state index is 0.0535. The van der Waals surface area contributed by atoms with Gasteiger partial charge in [0.25, 0.3) is 0 Å². The summed E-state index contributed by atoms with van der Waals surface area (Å²) in [7, 11) is 0. The number of urea groups is 1. The van der Waals surface area contributed by atoms with Crippen molar-refractivity contribution in [1.82, 2.24) is 5.32 Å². The van der Waals surface area contributed by atoms with Gasteiger partial charge in [-0.25, -0.2) is 9.59 Å². The maximum atomic E-state index is 12.2. The van der Waals surface area contributed by atoms with E-state index in [0.29, 0.717) is 16.9 Å². The van der Waals surface area contributed by atoms with Gasteiger partial charge in [-0.2, -0.15) is 0 Å². The SMILES string of the molecule is CC(=O)c1ccc(NC(=O)O[C@@H]2CO[C@H]3[C@@H]2OC[C@@H]3NC(=O)Nc2ccccc2)cc1. The summed E-state index contributed by atoms with van der Waals surface area (Å²) in [5, 5.41) is 8.22. The molecule has 0 radical (unpaired) electrons. The van der Waals surface area contributed by atoms with Crippen LogP contribution in [-0.2, 0) is 14.2 Å². The summed E-state index contributed by atoms with van der Waals surface area (Å²) in [5.74, 6) is -0.0535. The highest BCUT2D eigenvalue weighted by Gasteiger charge is 2.50. The van der Waals surface area contributed by atoms with Crippen LogP contribution >= 0.6 is 0 Å². The molecule has 0 aliphatic carbocycles. The first-order chi connectivity index (χ1) is 15.0. The van der Waals surface area contributed by atoms with Crippen LogP contribution in [0, 0.1) is 0 Å². The van der Waals surface area contributed by atoms with Crippen molar-refractivity contribution in [2.45, 2.75) is 31.3 Å². The zero-order valence-electron chi connectivity index (χ0n) is 16.9. The highest BCUT2D eigenvalue weighted by atomic mass is 16.6. The van der Waals surface area contributed by atoms with Gasteiger partial charge in [0.1, 0.15) is 12.2 Å². The van der Waals surface area contributed by atoms with Gasteiger partial charge in [0.15, 0.2) is 11.9 Å². The largest absolute Gasteiger partial charge is 0.441 e. The minimum Gasteiger partial charge on any atom is -0.441 e. The molecular formula is C22H23N3O6. The standard InChI is InChI=1S/C22H23N3O6/c1-13(26)14-7-9-16(10-8-14)24-22(28)31-18-12-30-19-17(11-29-20(18)19)25-21(27)23-15-5-3-2-4-6-15/h2-10,17-20H,11-12H2,1H3,(H,24,28)(H2,23,25,27)/t17-,18+,19+,20+/m0/s1. The van der Waals surface area contributed by atoms with Gasteiger partial charge in [0.05, 0.1) is 19.3 Å². The zero-order valence-corrected chi connectivity index (χ0v) is 16.9.